The van der Waals surface area contributed by atoms with Crippen LogP contribution in [0, 0.1) is 12.8 Å². The fraction of sp³-hybridized carbons (Fsp3) is 0.188. The van der Waals surface area contributed by atoms with E-state index in [-0.39, 0.29) is 0 Å². The van der Waals surface area contributed by atoms with E-state index in [0.29, 0.717) is 5.92 Å². The predicted octanol–water partition coefficient (Wildman–Crippen LogP) is 4.20. The smallest absolute Gasteiger partial charge is 0.0339 e. The topological polar surface area (TPSA) is 0 Å². The minimum atomic E-state index is 0.510. The zero-order chi connectivity index (χ0) is 11.1. The Labute approximate surface area is 97.0 Å². The molecule has 0 saturated heterocycles. The lowest BCUT2D eigenvalue weighted by molar-refractivity contribution is 0.823. The summed E-state index contributed by atoms with van der Waals surface area (Å²) in [4.78, 5) is 0. The zero-order valence-corrected chi connectivity index (χ0v) is 9.70. The monoisotopic (exact) mass is 207 g/mol. The van der Waals surface area contributed by atoms with Crippen molar-refractivity contribution in [2.45, 2.75) is 19.8 Å². The molecule has 1 atom stereocenters. The fourth-order valence-electron chi connectivity index (χ4n) is 2.57. The molecule has 0 heteroatoms. The Morgan fingerprint density at radius 1 is 1.06 bits per heavy atom. The molecule has 2 aliphatic carbocycles. The molecule has 2 aliphatic rings. The summed E-state index contributed by atoms with van der Waals surface area (Å²) in [5.41, 5.74) is 5.54. The van der Waals surface area contributed by atoms with Crippen LogP contribution in [0.25, 0.3) is 6.08 Å². The van der Waals surface area contributed by atoms with E-state index in [1.54, 1.807) is 0 Å². The highest BCUT2D eigenvalue weighted by Crippen LogP contribution is 2.42. The largest absolute Gasteiger partial charge is 0.0721 e. The van der Waals surface area contributed by atoms with Gasteiger partial charge in [-0.05, 0) is 29.5 Å². The second-order valence-electron chi connectivity index (χ2n) is 4.63. The molecule has 0 aliphatic heterocycles. The lowest BCUT2D eigenvalue weighted by Gasteiger charge is -2.29. The molecule has 0 nitrogen and oxygen atoms in total. The average Bonchev–Trinajstić information content (AvgIpc) is 2.31. The van der Waals surface area contributed by atoms with Gasteiger partial charge in [-0.2, -0.15) is 0 Å². The van der Waals surface area contributed by atoms with Crippen LogP contribution in [-0.2, 0) is 0 Å². The summed E-state index contributed by atoms with van der Waals surface area (Å²) in [5, 5.41) is 0. The summed E-state index contributed by atoms with van der Waals surface area (Å²) in [6.07, 6.45) is 11.0. The van der Waals surface area contributed by atoms with Gasteiger partial charge in [-0.15, -0.1) is 0 Å². The van der Waals surface area contributed by atoms with Crippen molar-refractivity contribution in [3.63, 3.8) is 0 Å². The van der Waals surface area contributed by atoms with Gasteiger partial charge in [0.15, 0.2) is 0 Å². The molecule has 1 aromatic rings. The van der Waals surface area contributed by atoms with Gasteiger partial charge in [0, 0.05) is 5.92 Å². The van der Waals surface area contributed by atoms with Gasteiger partial charge in [0.2, 0.25) is 0 Å². The van der Waals surface area contributed by atoms with Gasteiger partial charge < -0.3 is 0 Å². The first-order valence-electron chi connectivity index (χ1n) is 5.80. The predicted molar refractivity (Wildman–Crippen MR) is 69.1 cm³/mol. The lowest BCUT2D eigenvalue weighted by Crippen LogP contribution is -2.14. The maximum atomic E-state index is 2.31. The van der Waals surface area contributed by atoms with Crippen LogP contribution in [0.4, 0.5) is 0 Å². The average molecular weight is 207 g/mol. The van der Waals surface area contributed by atoms with E-state index in [1.165, 1.54) is 28.2 Å². The maximum Gasteiger partial charge on any atom is 0.0339 e. The molecule has 0 aromatic heterocycles. The molecule has 3 rings (SSSR count). The van der Waals surface area contributed by atoms with Crippen LogP contribution in [0.3, 0.4) is 0 Å². The molecule has 0 heterocycles. The van der Waals surface area contributed by atoms with Crippen LogP contribution < -0.4 is 0 Å². The molecule has 16 heavy (non-hydrogen) atoms. The molecule has 0 N–H and O–H groups in total. The van der Waals surface area contributed by atoms with Crippen molar-refractivity contribution in [1.29, 1.82) is 0 Å². The number of aryl methyl sites for hydroxylation is 1. The number of fused-ring (bicyclic) bond motifs is 2. The molecule has 0 bridgehead atoms. The molecular formula is C16H15. The molecule has 0 amide bonds. The van der Waals surface area contributed by atoms with E-state index in [9.17, 15) is 0 Å². The van der Waals surface area contributed by atoms with Crippen LogP contribution in [0.5, 0.6) is 0 Å². The van der Waals surface area contributed by atoms with Gasteiger partial charge in [-0.1, -0.05) is 61.1 Å². The van der Waals surface area contributed by atoms with Crippen molar-refractivity contribution >= 4 is 6.08 Å². The molecule has 1 radical (unpaired) electrons. The van der Waals surface area contributed by atoms with Crippen molar-refractivity contribution in [3.05, 3.63) is 70.7 Å². The van der Waals surface area contributed by atoms with Crippen molar-refractivity contribution in [1.82, 2.24) is 0 Å². The third-order valence-electron chi connectivity index (χ3n) is 3.48. The van der Waals surface area contributed by atoms with Crippen LogP contribution >= 0.6 is 0 Å². The Kier molecular flexibility index (Phi) is 2.10. The normalized spacial score (nSPS) is 22.6. The van der Waals surface area contributed by atoms with E-state index in [0.717, 1.165) is 0 Å². The van der Waals surface area contributed by atoms with Gasteiger partial charge in [-0.25, -0.2) is 0 Å². The van der Waals surface area contributed by atoms with Gasteiger partial charge in [0.1, 0.15) is 0 Å². The first kappa shape index (κ1) is 9.65. The third-order valence-corrected chi connectivity index (χ3v) is 3.48. The Morgan fingerprint density at radius 2 is 1.88 bits per heavy atom. The summed E-state index contributed by atoms with van der Waals surface area (Å²) < 4.78 is 0. The SMILES string of the molecule is Cc1ccc2c(c1)C(C)[C]1C=CC=CC1=C2. The number of hydrogen-bond donors (Lipinski definition) is 0. The number of allylic oxidation sites excluding steroid dienone is 5. The van der Waals surface area contributed by atoms with Gasteiger partial charge >= 0.3 is 0 Å². The van der Waals surface area contributed by atoms with Crippen LogP contribution in [0.15, 0.2) is 48.1 Å². The zero-order valence-electron chi connectivity index (χ0n) is 9.70. The number of hydrogen-bond acceptors (Lipinski definition) is 0. The summed E-state index contributed by atoms with van der Waals surface area (Å²) in [5.74, 6) is 1.96. The molecular weight excluding hydrogens is 192 g/mol. The standard InChI is InChI=1S/C16H15/c1-11-7-8-14-10-13-5-3-4-6-15(13)12(2)16(14)9-11/h3-10,12H,1-2H3. The van der Waals surface area contributed by atoms with Crippen LogP contribution in [-0.4, -0.2) is 0 Å². The van der Waals surface area contributed by atoms with E-state index >= 15 is 0 Å². The van der Waals surface area contributed by atoms with Crippen molar-refractivity contribution in [2.75, 3.05) is 0 Å². The van der Waals surface area contributed by atoms with Gasteiger partial charge in [-0.3, -0.25) is 0 Å². The van der Waals surface area contributed by atoms with Crippen LogP contribution in [0.2, 0.25) is 0 Å². The van der Waals surface area contributed by atoms with E-state index < -0.39 is 0 Å². The van der Waals surface area contributed by atoms with Gasteiger partial charge in [0.05, 0.1) is 0 Å². The fourth-order valence-corrected chi connectivity index (χ4v) is 2.57. The summed E-state index contributed by atoms with van der Waals surface area (Å²) in [6.45, 7) is 4.46. The summed E-state index contributed by atoms with van der Waals surface area (Å²) >= 11 is 0. The van der Waals surface area contributed by atoms with E-state index in [1.807, 2.05) is 0 Å². The third kappa shape index (κ3) is 1.37. The highest BCUT2D eigenvalue weighted by atomic mass is 14.3. The molecule has 0 spiro atoms. The van der Waals surface area contributed by atoms with Gasteiger partial charge in [0.25, 0.3) is 0 Å². The molecule has 1 unspecified atom stereocenters. The van der Waals surface area contributed by atoms with E-state index in [4.69, 9.17) is 0 Å². The van der Waals surface area contributed by atoms with Crippen molar-refractivity contribution in [3.8, 4) is 0 Å². The highest BCUT2D eigenvalue weighted by Gasteiger charge is 2.26. The molecule has 79 valence electrons. The Hall–Kier alpha value is -1.56. The quantitative estimate of drug-likeness (QED) is 0.598. The maximum absolute atomic E-state index is 2.31. The van der Waals surface area contributed by atoms with Crippen LogP contribution in [0.1, 0.15) is 29.5 Å². The lowest BCUT2D eigenvalue weighted by atomic mass is 9.74. The second-order valence-corrected chi connectivity index (χ2v) is 4.63. The second kappa shape index (κ2) is 3.48. The summed E-state index contributed by atoms with van der Waals surface area (Å²) in [7, 11) is 0. The Balaban J connectivity index is 2.18. The van der Waals surface area contributed by atoms with Crippen molar-refractivity contribution < 1.29 is 0 Å². The molecule has 0 saturated carbocycles. The Morgan fingerprint density at radius 3 is 2.75 bits per heavy atom. The summed E-state index contributed by atoms with van der Waals surface area (Å²) in [6, 6.07) is 6.74. The first-order valence-corrected chi connectivity index (χ1v) is 5.80. The number of rotatable bonds is 0. The van der Waals surface area contributed by atoms with Crippen molar-refractivity contribution in [2.24, 2.45) is 0 Å². The molecule has 1 aromatic carbocycles. The minimum absolute atomic E-state index is 0.510. The number of benzene rings is 1. The Bertz CT molecular complexity index is 515. The first-order chi connectivity index (χ1) is 7.75. The minimum Gasteiger partial charge on any atom is -0.0721 e. The molecule has 0 fully saturated rings. The highest BCUT2D eigenvalue weighted by molar-refractivity contribution is 5.72. The van der Waals surface area contributed by atoms with E-state index in [2.05, 4.69) is 62.4 Å².